The fourth-order valence-corrected chi connectivity index (χ4v) is 3.54. The molecule has 1 aliphatic rings. The third-order valence-corrected chi connectivity index (χ3v) is 5.24. The van der Waals surface area contributed by atoms with Crippen molar-refractivity contribution in [2.24, 2.45) is 0 Å². The standard InChI is InChI=1S/C22H28N2O4/c1-15-12-20(16(2)24(15)13-19-6-5-11-27-19)21(25)14-28-22(26)17-7-9-18(10-8-17)23(3)4/h7-10,12,19H,5-6,11,13-14H2,1-4H3/t19-/m1/s1. The predicted octanol–water partition coefficient (Wildman–Crippen LogP) is 3.39. The van der Waals surface area contributed by atoms with Gasteiger partial charge in [0.15, 0.2) is 6.61 Å². The first-order valence-electron chi connectivity index (χ1n) is 9.63. The van der Waals surface area contributed by atoms with Crippen molar-refractivity contribution in [3.05, 3.63) is 52.8 Å². The zero-order chi connectivity index (χ0) is 20.3. The second-order valence-corrected chi connectivity index (χ2v) is 7.47. The summed E-state index contributed by atoms with van der Waals surface area (Å²) in [6.07, 6.45) is 2.34. The highest BCUT2D eigenvalue weighted by Gasteiger charge is 2.22. The first kappa shape index (κ1) is 20.1. The minimum Gasteiger partial charge on any atom is -0.454 e. The van der Waals surface area contributed by atoms with Gasteiger partial charge in [0.25, 0.3) is 0 Å². The molecule has 28 heavy (non-hydrogen) atoms. The third-order valence-electron chi connectivity index (χ3n) is 5.24. The van der Waals surface area contributed by atoms with Crippen molar-refractivity contribution in [2.75, 3.05) is 32.2 Å². The predicted molar refractivity (Wildman–Crippen MR) is 108 cm³/mol. The van der Waals surface area contributed by atoms with E-state index in [1.807, 2.05) is 51.0 Å². The van der Waals surface area contributed by atoms with Gasteiger partial charge in [-0.1, -0.05) is 0 Å². The van der Waals surface area contributed by atoms with Gasteiger partial charge in [0.2, 0.25) is 5.78 Å². The maximum Gasteiger partial charge on any atom is 0.338 e. The molecule has 2 aromatic rings. The number of carbonyl (C=O) groups excluding carboxylic acids is 2. The molecule has 0 amide bonds. The summed E-state index contributed by atoms with van der Waals surface area (Å²) in [6, 6.07) is 8.96. The van der Waals surface area contributed by atoms with Gasteiger partial charge in [0.1, 0.15) is 0 Å². The van der Waals surface area contributed by atoms with Crippen molar-refractivity contribution >= 4 is 17.4 Å². The van der Waals surface area contributed by atoms with E-state index in [4.69, 9.17) is 9.47 Å². The largest absolute Gasteiger partial charge is 0.454 e. The second kappa shape index (κ2) is 8.61. The third kappa shape index (κ3) is 4.44. The summed E-state index contributed by atoms with van der Waals surface area (Å²) in [4.78, 5) is 26.8. The summed E-state index contributed by atoms with van der Waals surface area (Å²) in [6.45, 7) is 5.21. The van der Waals surface area contributed by atoms with E-state index in [2.05, 4.69) is 4.57 Å². The molecule has 1 fully saturated rings. The Hall–Kier alpha value is -2.60. The Morgan fingerprint density at radius 3 is 2.54 bits per heavy atom. The molecule has 0 unspecified atom stereocenters. The molecule has 1 atom stereocenters. The smallest absolute Gasteiger partial charge is 0.338 e. The number of anilines is 1. The lowest BCUT2D eigenvalue weighted by Crippen LogP contribution is -2.18. The van der Waals surface area contributed by atoms with Crippen LogP contribution in [0.5, 0.6) is 0 Å². The number of rotatable bonds is 7. The normalized spacial score (nSPS) is 16.2. The SMILES string of the molecule is Cc1cc(C(=O)COC(=O)c2ccc(N(C)C)cc2)c(C)n1C[C@H]1CCCO1. The summed E-state index contributed by atoms with van der Waals surface area (Å²) >= 11 is 0. The van der Waals surface area contributed by atoms with Crippen LogP contribution in [0.25, 0.3) is 0 Å². The topological polar surface area (TPSA) is 60.8 Å². The zero-order valence-electron chi connectivity index (χ0n) is 17.0. The van der Waals surface area contributed by atoms with Crippen molar-refractivity contribution in [2.45, 2.75) is 39.3 Å². The van der Waals surface area contributed by atoms with Crippen LogP contribution in [0.2, 0.25) is 0 Å². The Morgan fingerprint density at radius 1 is 1.21 bits per heavy atom. The highest BCUT2D eigenvalue weighted by molar-refractivity contribution is 6.00. The Bertz CT molecular complexity index is 846. The van der Waals surface area contributed by atoms with Crippen molar-refractivity contribution in [3.63, 3.8) is 0 Å². The maximum absolute atomic E-state index is 12.6. The van der Waals surface area contributed by atoms with Crippen LogP contribution in [-0.4, -0.2) is 49.7 Å². The van der Waals surface area contributed by atoms with Crippen LogP contribution in [-0.2, 0) is 16.0 Å². The molecular weight excluding hydrogens is 356 g/mol. The Balaban J connectivity index is 1.62. The van der Waals surface area contributed by atoms with Crippen molar-refractivity contribution in [3.8, 4) is 0 Å². The molecule has 1 aromatic carbocycles. The summed E-state index contributed by atoms with van der Waals surface area (Å²) in [7, 11) is 3.86. The van der Waals surface area contributed by atoms with E-state index >= 15 is 0 Å². The molecule has 0 aliphatic carbocycles. The molecule has 0 spiro atoms. The molecule has 150 valence electrons. The monoisotopic (exact) mass is 384 g/mol. The van der Waals surface area contributed by atoms with Crippen LogP contribution in [0.3, 0.4) is 0 Å². The van der Waals surface area contributed by atoms with Gasteiger partial charge in [-0.05, 0) is 57.0 Å². The van der Waals surface area contributed by atoms with Gasteiger partial charge in [-0.25, -0.2) is 4.79 Å². The number of nitrogens with zero attached hydrogens (tertiary/aromatic N) is 2. The number of aryl methyl sites for hydroxylation is 1. The number of ether oxygens (including phenoxy) is 2. The van der Waals surface area contributed by atoms with Gasteiger partial charge in [-0.3, -0.25) is 4.79 Å². The molecule has 6 heteroatoms. The first-order chi connectivity index (χ1) is 13.4. The van der Waals surface area contributed by atoms with Gasteiger partial charge in [-0.2, -0.15) is 0 Å². The molecule has 1 aliphatic heterocycles. The van der Waals surface area contributed by atoms with Crippen LogP contribution in [0, 0.1) is 13.8 Å². The molecule has 6 nitrogen and oxygen atoms in total. The van der Waals surface area contributed by atoms with Crippen molar-refractivity contribution < 1.29 is 19.1 Å². The second-order valence-electron chi connectivity index (χ2n) is 7.47. The first-order valence-corrected chi connectivity index (χ1v) is 9.63. The molecule has 1 aromatic heterocycles. The van der Waals surface area contributed by atoms with E-state index in [0.29, 0.717) is 11.1 Å². The van der Waals surface area contributed by atoms with Crippen LogP contribution in [0.4, 0.5) is 5.69 Å². The lowest BCUT2D eigenvalue weighted by Gasteiger charge is -2.14. The molecule has 2 heterocycles. The number of carbonyl (C=O) groups is 2. The van der Waals surface area contributed by atoms with Gasteiger partial charge in [0, 0.05) is 49.9 Å². The Kier molecular flexibility index (Phi) is 6.19. The van der Waals surface area contributed by atoms with Crippen molar-refractivity contribution in [1.82, 2.24) is 4.57 Å². The molecule has 3 rings (SSSR count). The number of benzene rings is 1. The summed E-state index contributed by atoms with van der Waals surface area (Å²) < 4.78 is 13.1. The number of Topliss-reactive ketones (excluding diaryl/α,β-unsaturated/α-hetero) is 1. The van der Waals surface area contributed by atoms with E-state index in [1.165, 1.54) is 0 Å². The minimum absolute atomic E-state index is 0.190. The highest BCUT2D eigenvalue weighted by atomic mass is 16.5. The number of esters is 1. The van der Waals surface area contributed by atoms with Crippen LogP contribution in [0.1, 0.15) is 44.9 Å². The van der Waals surface area contributed by atoms with Crippen molar-refractivity contribution in [1.29, 1.82) is 0 Å². The van der Waals surface area contributed by atoms with E-state index in [9.17, 15) is 9.59 Å². The van der Waals surface area contributed by atoms with Gasteiger partial charge >= 0.3 is 5.97 Å². The van der Waals surface area contributed by atoms with E-state index < -0.39 is 5.97 Å². The Morgan fingerprint density at radius 2 is 1.93 bits per heavy atom. The quantitative estimate of drug-likeness (QED) is 0.541. The van der Waals surface area contributed by atoms with Crippen LogP contribution >= 0.6 is 0 Å². The van der Waals surface area contributed by atoms with E-state index in [-0.39, 0.29) is 18.5 Å². The van der Waals surface area contributed by atoms with Gasteiger partial charge in [-0.15, -0.1) is 0 Å². The molecular formula is C22H28N2O4. The minimum atomic E-state index is -0.494. The number of hydrogen-bond donors (Lipinski definition) is 0. The zero-order valence-corrected chi connectivity index (χ0v) is 17.0. The summed E-state index contributed by atoms with van der Waals surface area (Å²) in [5.74, 6) is -0.684. The average Bonchev–Trinajstić information content (AvgIpc) is 3.29. The number of aromatic nitrogens is 1. The maximum atomic E-state index is 12.6. The molecule has 0 radical (unpaired) electrons. The van der Waals surface area contributed by atoms with E-state index in [1.54, 1.807) is 12.1 Å². The van der Waals surface area contributed by atoms with E-state index in [0.717, 1.165) is 43.1 Å². The van der Waals surface area contributed by atoms with Gasteiger partial charge in [0.05, 0.1) is 11.7 Å². The average molecular weight is 384 g/mol. The lowest BCUT2D eigenvalue weighted by atomic mass is 10.1. The highest BCUT2D eigenvalue weighted by Crippen LogP contribution is 2.21. The molecule has 1 saturated heterocycles. The molecule has 0 bridgehead atoms. The fraction of sp³-hybridized carbons (Fsp3) is 0.455. The summed E-state index contributed by atoms with van der Waals surface area (Å²) in [5, 5.41) is 0. The van der Waals surface area contributed by atoms with Crippen LogP contribution < -0.4 is 4.90 Å². The summed E-state index contributed by atoms with van der Waals surface area (Å²) in [5.41, 5.74) is 3.94. The van der Waals surface area contributed by atoms with Crippen LogP contribution in [0.15, 0.2) is 30.3 Å². The number of hydrogen-bond acceptors (Lipinski definition) is 5. The fourth-order valence-electron chi connectivity index (χ4n) is 3.54. The number of ketones is 1. The van der Waals surface area contributed by atoms with Gasteiger partial charge < -0.3 is 18.9 Å². The Labute approximate surface area is 166 Å². The molecule has 0 N–H and O–H groups in total. The lowest BCUT2D eigenvalue weighted by molar-refractivity contribution is 0.0474. The molecule has 0 saturated carbocycles.